The summed E-state index contributed by atoms with van der Waals surface area (Å²) in [6.07, 6.45) is -0.705. The fraction of sp³-hybridized carbons (Fsp3) is 0.444. The Bertz CT molecular complexity index is 795. The first-order chi connectivity index (χ1) is 11.9. The van der Waals surface area contributed by atoms with E-state index in [4.69, 9.17) is 9.26 Å². The van der Waals surface area contributed by atoms with Gasteiger partial charge in [0.15, 0.2) is 0 Å². The van der Waals surface area contributed by atoms with Crippen molar-refractivity contribution < 1.29 is 19.2 Å². The smallest absolute Gasteiger partial charge is 0.292 e. The Morgan fingerprint density at radius 2 is 2.20 bits per heavy atom. The zero-order chi connectivity index (χ0) is 18.0. The first-order valence-corrected chi connectivity index (χ1v) is 8.36. The molecule has 2 aromatic rings. The first kappa shape index (κ1) is 17.3. The number of benzene rings is 1. The predicted octanol–water partition coefficient (Wildman–Crippen LogP) is 1.75. The first-order valence-electron chi connectivity index (χ1n) is 8.36. The number of hydrogen-bond donors (Lipinski definition) is 2. The Hall–Kier alpha value is -2.54. The minimum absolute atomic E-state index is 0.0544. The highest BCUT2D eigenvalue weighted by atomic mass is 16.5. The molecule has 1 aliphatic heterocycles. The molecule has 0 radical (unpaired) electrons. The maximum atomic E-state index is 12.3. The lowest BCUT2D eigenvalue weighted by atomic mass is 10.0. The maximum absolute atomic E-state index is 12.3. The maximum Gasteiger partial charge on any atom is 0.292 e. The minimum Gasteiger partial charge on any atom is -0.488 e. The van der Waals surface area contributed by atoms with Gasteiger partial charge >= 0.3 is 0 Å². The fourth-order valence-electron chi connectivity index (χ4n) is 2.90. The van der Waals surface area contributed by atoms with E-state index in [1.165, 1.54) is 10.5 Å². The van der Waals surface area contributed by atoms with Crippen LogP contribution in [0.15, 0.2) is 39.6 Å². The third-order valence-corrected chi connectivity index (χ3v) is 4.35. The average Bonchev–Trinajstić information content (AvgIpc) is 3.02. The topological polar surface area (TPSA) is 95.8 Å². The molecule has 0 saturated carbocycles. The van der Waals surface area contributed by atoms with Gasteiger partial charge in [0.2, 0.25) is 5.76 Å². The largest absolute Gasteiger partial charge is 0.488 e. The summed E-state index contributed by atoms with van der Waals surface area (Å²) in [5.41, 5.74) is 0.703. The number of hydrogen-bond acceptors (Lipinski definition) is 5. The minimum atomic E-state index is -0.814. The number of H-pyrrole nitrogens is 1. The van der Waals surface area contributed by atoms with Crippen molar-refractivity contribution in [2.24, 2.45) is 0 Å². The molecule has 3 rings (SSSR count). The van der Waals surface area contributed by atoms with Crippen molar-refractivity contribution in [1.29, 1.82) is 0 Å². The molecule has 1 amide bonds. The number of amides is 1. The second kappa shape index (κ2) is 7.14. The molecule has 0 bridgehead atoms. The Morgan fingerprint density at radius 3 is 2.84 bits per heavy atom. The van der Waals surface area contributed by atoms with Crippen LogP contribution in [0.2, 0.25) is 0 Å². The van der Waals surface area contributed by atoms with E-state index in [-0.39, 0.29) is 18.4 Å². The molecule has 2 atom stereocenters. The number of ether oxygens (including phenoxy) is 1. The zero-order valence-electron chi connectivity index (χ0n) is 14.3. The number of nitrogens with one attached hydrogen (secondary N) is 1. The summed E-state index contributed by atoms with van der Waals surface area (Å²) in [4.78, 5) is 24.8. The van der Waals surface area contributed by atoms with Crippen molar-refractivity contribution in [2.75, 3.05) is 13.1 Å². The molecular weight excluding hydrogens is 324 g/mol. The molecular formula is C18H22N2O5. The van der Waals surface area contributed by atoms with Crippen LogP contribution >= 0.6 is 0 Å². The van der Waals surface area contributed by atoms with Crippen molar-refractivity contribution >= 4 is 5.91 Å². The summed E-state index contributed by atoms with van der Waals surface area (Å²) < 4.78 is 10.8. The van der Waals surface area contributed by atoms with Gasteiger partial charge in [-0.25, -0.2) is 0 Å². The molecule has 7 nitrogen and oxygen atoms in total. The van der Waals surface area contributed by atoms with Gasteiger partial charge in [0.25, 0.3) is 11.5 Å². The number of rotatable bonds is 4. The highest BCUT2D eigenvalue weighted by Crippen LogP contribution is 2.24. The quantitative estimate of drug-likeness (QED) is 0.879. The Balaban J connectivity index is 1.63. The fourth-order valence-corrected chi connectivity index (χ4v) is 2.90. The number of carbonyl (C=O) groups is 1. The molecule has 25 heavy (non-hydrogen) atoms. The van der Waals surface area contributed by atoms with Crippen LogP contribution in [0.1, 0.15) is 42.3 Å². The van der Waals surface area contributed by atoms with Crippen molar-refractivity contribution in [2.45, 2.75) is 38.4 Å². The van der Waals surface area contributed by atoms with Gasteiger partial charge in [-0.2, -0.15) is 5.16 Å². The van der Waals surface area contributed by atoms with Crippen LogP contribution in [0, 0.1) is 0 Å². The van der Waals surface area contributed by atoms with Crippen LogP contribution < -0.4 is 10.3 Å². The van der Waals surface area contributed by atoms with E-state index < -0.39 is 17.6 Å². The molecule has 0 spiro atoms. The summed E-state index contributed by atoms with van der Waals surface area (Å²) in [6, 6.07) is 8.92. The molecule has 134 valence electrons. The van der Waals surface area contributed by atoms with Gasteiger partial charge < -0.3 is 19.3 Å². The molecule has 0 aliphatic carbocycles. The predicted molar refractivity (Wildman–Crippen MR) is 90.8 cm³/mol. The number of piperidine rings is 1. The summed E-state index contributed by atoms with van der Waals surface area (Å²) in [6.45, 7) is 4.76. The molecule has 2 N–H and O–H groups in total. The van der Waals surface area contributed by atoms with Crippen molar-refractivity contribution in [3.63, 3.8) is 0 Å². The molecule has 1 fully saturated rings. The Morgan fingerprint density at radius 1 is 1.40 bits per heavy atom. The molecule has 0 unspecified atom stereocenters. The number of carbonyl (C=O) groups excluding carboxylic acids is 1. The van der Waals surface area contributed by atoms with E-state index >= 15 is 0 Å². The van der Waals surface area contributed by atoms with Crippen molar-refractivity contribution in [3.05, 3.63) is 52.0 Å². The third-order valence-electron chi connectivity index (χ3n) is 4.35. The SMILES string of the molecule is CC(C)c1cccc(O[C@@H]2CCN(C(=O)c3cc(=O)[nH]o3)C[C@H]2O)c1. The normalized spacial score (nSPS) is 20.7. The number of aliphatic hydroxyl groups excluding tert-OH is 1. The molecule has 7 heteroatoms. The number of aliphatic hydroxyl groups is 1. The standard InChI is InChI=1S/C18H22N2O5/c1-11(2)12-4-3-5-13(8-12)24-15-6-7-20(10-14(15)21)18(23)16-9-17(22)19-25-16/h3-5,8-9,11,14-15,21H,6-7,10H2,1-2H3,(H,19,22)/t14-,15-/m1/s1. The highest BCUT2D eigenvalue weighted by molar-refractivity contribution is 5.91. The average molecular weight is 346 g/mol. The van der Waals surface area contributed by atoms with Crippen molar-refractivity contribution in [3.8, 4) is 5.75 Å². The summed E-state index contributed by atoms with van der Waals surface area (Å²) in [7, 11) is 0. The number of likely N-dealkylation sites (tertiary alicyclic amines) is 1. The highest BCUT2D eigenvalue weighted by Gasteiger charge is 2.33. The number of β-amino-alcohol motifs (C(OH)–C–C–N with tert-alkyl or cyclic N) is 1. The van der Waals surface area contributed by atoms with E-state index in [0.717, 1.165) is 6.07 Å². The molecule has 1 aromatic carbocycles. The third kappa shape index (κ3) is 3.93. The summed E-state index contributed by atoms with van der Waals surface area (Å²) >= 11 is 0. The van der Waals surface area contributed by atoms with Gasteiger partial charge in [0.1, 0.15) is 18.0 Å². The second-order valence-electron chi connectivity index (χ2n) is 6.57. The molecule has 1 aliphatic rings. The van der Waals surface area contributed by atoms with E-state index in [1.807, 2.05) is 24.3 Å². The Labute approximate surface area is 145 Å². The van der Waals surface area contributed by atoms with Crippen LogP contribution in [-0.4, -0.2) is 46.4 Å². The van der Waals surface area contributed by atoms with Crippen molar-refractivity contribution in [1.82, 2.24) is 10.1 Å². The van der Waals surface area contributed by atoms with Gasteiger partial charge in [-0.05, 0) is 23.6 Å². The molecule has 1 aromatic heterocycles. The molecule has 2 heterocycles. The number of nitrogens with zero attached hydrogens (tertiary/aromatic N) is 1. The van der Waals surface area contributed by atoms with E-state index in [9.17, 15) is 14.7 Å². The van der Waals surface area contributed by atoms with Crippen LogP contribution in [-0.2, 0) is 0 Å². The van der Waals surface area contributed by atoms with Crippen LogP contribution in [0.5, 0.6) is 5.75 Å². The second-order valence-corrected chi connectivity index (χ2v) is 6.57. The van der Waals surface area contributed by atoms with Gasteiger partial charge in [-0.15, -0.1) is 0 Å². The lowest BCUT2D eigenvalue weighted by molar-refractivity contribution is -0.0208. The van der Waals surface area contributed by atoms with Crippen LogP contribution in [0.25, 0.3) is 0 Å². The van der Waals surface area contributed by atoms with Crippen LogP contribution in [0.4, 0.5) is 0 Å². The monoisotopic (exact) mass is 346 g/mol. The summed E-state index contributed by atoms with van der Waals surface area (Å²) in [5, 5.41) is 12.5. The lowest BCUT2D eigenvalue weighted by Crippen LogP contribution is -2.51. The Kier molecular flexibility index (Phi) is 4.94. The van der Waals surface area contributed by atoms with E-state index in [0.29, 0.717) is 24.6 Å². The lowest BCUT2D eigenvalue weighted by Gasteiger charge is -2.35. The molecule has 1 saturated heterocycles. The van der Waals surface area contributed by atoms with E-state index in [2.05, 4.69) is 19.0 Å². The summed E-state index contributed by atoms with van der Waals surface area (Å²) in [5.74, 6) is 0.634. The van der Waals surface area contributed by atoms with Gasteiger partial charge in [-0.3, -0.25) is 9.59 Å². The number of aromatic nitrogens is 1. The van der Waals surface area contributed by atoms with Gasteiger partial charge in [0.05, 0.1) is 12.6 Å². The van der Waals surface area contributed by atoms with E-state index in [1.54, 1.807) is 0 Å². The van der Waals surface area contributed by atoms with Gasteiger partial charge in [-0.1, -0.05) is 26.0 Å². The zero-order valence-corrected chi connectivity index (χ0v) is 14.3. The number of aromatic amines is 1. The van der Waals surface area contributed by atoms with Gasteiger partial charge in [0, 0.05) is 13.0 Å². The van der Waals surface area contributed by atoms with Crippen LogP contribution in [0.3, 0.4) is 0 Å².